The van der Waals surface area contributed by atoms with E-state index in [-0.39, 0.29) is 106 Å². The number of amides is 11. The van der Waals surface area contributed by atoms with Crippen molar-refractivity contribution in [3.8, 4) is 22.6 Å². The standard InChI is InChI=1S/C88H124N18O19S2/c1-54(2)39-72(93-48-65(110)50-104(35-30-89-4)36-31-90-5)88(125)106-34-12-17-74(106)66-52-126-127-53-73(102-87(124)79(55(3)107)103-75(111)49-96-81(118)67(41-57-20-26-63(108)27-21-57)98-83(120)68(43-58-22-28-64(109)29-23-58)99-85(122)71(45-78(115)116)97-80(66)117)86(123)100-69(42-56-18-24-62(25-19-56)61-15-9-8-10-16-61)84(121)101-70(44-77(113)114)82(119)95-47-60-14-11-13-59(40-60)46-94-76(112)51-105(37-32-91-6)38-33-92-7/h8-11,13-16,18-29,40,54-55,66-74,79,89-93,107-109H,12,17,30-39,41-53H2,1-7H3,(H,94,112)(H,95,119)(H,96,118)(H,97,117)(H,98,120)(H,99,122)(H,100,123)(H,101,121)(H,102,124)(H,103,111)(H,113,114)(H,115,116)/t55?,66-,67+,68+,69+,70+,71+,72+,73+,74+,79+/m1/s1. The predicted octanol–water partition coefficient (Wildman–Crippen LogP) is -1.38. The van der Waals surface area contributed by atoms with Crippen LogP contribution in [0.4, 0.5) is 0 Å². The van der Waals surface area contributed by atoms with E-state index in [1.807, 2.05) is 68.1 Å². The number of carbonyl (C=O) groups is 14. The highest BCUT2D eigenvalue weighted by molar-refractivity contribution is 8.76. The van der Waals surface area contributed by atoms with Gasteiger partial charge in [0.15, 0.2) is 5.78 Å². The number of aliphatic hydroxyl groups excluding tert-OH is 1. The number of benzene rings is 5. The minimum atomic E-state index is -1.98. The van der Waals surface area contributed by atoms with Crippen LogP contribution in [0.15, 0.2) is 127 Å². The minimum absolute atomic E-state index is 0.0625. The number of phenols is 2. The number of hydrogen-bond acceptors (Lipinski definition) is 26. The Balaban J connectivity index is 1.27. The van der Waals surface area contributed by atoms with Crippen LogP contribution in [0.3, 0.4) is 0 Å². The molecule has 5 aromatic carbocycles. The Bertz CT molecular complexity index is 4430. The molecule has 692 valence electrons. The van der Waals surface area contributed by atoms with Gasteiger partial charge < -0.3 is 105 Å². The zero-order valence-corrected chi connectivity index (χ0v) is 74.5. The lowest BCUT2D eigenvalue weighted by atomic mass is 9.96. The first kappa shape index (κ1) is 103. The third-order valence-electron chi connectivity index (χ3n) is 21.2. The van der Waals surface area contributed by atoms with E-state index in [1.165, 1.54) is 53.4 Å². The maximum atomic E-state index is 15.6. The Kier molecular flexibility index (Phi) is 43.9. The highest BCUT2D eigenvalue weighted by atomic mass is 33.1. The van der Waals surface area contributed by atoms with Crippen LogP contribution in [0.5, 0.6) is 11.5 Å². The average Bonchev–Trinajstić information content (AvgIpc) is 1.70. The minimum Gasteiger partial charge on any atom is -0.508 e. The number of nitrogens with zero attached hydrogens (tertiary/aromatic N) is 3. The second-order valence-electron chi connectivity index (χ2n) is 31.9. The number of likely N-dealkylation sites (N-methyl/N-ethyl adjacent to an activating group) is 4. The molecule has 5 aromatic rings. The molecule has 1 unspecified atom stereocenters. The van der Waals surface area contributed by atoms with Crippen LogP contribution in [-0.4, -0.2) is 308 Å². The first-order valence-corrected chi connectivity index (χ1v) is 45.0. The zero-order valence-electron chi connectivity index (χ0n) is 72.8. The summed E-state index contributed by atoms with van der Waals surface area (Å²) in [6.45, 7) is 8.94. The Labute approximate surface area is 747 Å². The summed E-state index contributed by atoms with van der Waals surface area (Å²) in [5.74, 6) is -16.2. The van der Waals surface area contributed by atoms with Crippen LogP contribution < -0.4 is 79.8 Å². The fourth-order valence-electron chi connectivity index (χ4n) is 14.4. The molecule has 7 rings (SSSR count). The van der Waals surface area contributed by atoms with Crippen LogP contribution in [0.1, 0.15) is 80.7 Å². The molecule has 2 fully saturated rings. The first-order valence-electron chi connectivity index (χ1n) is 42.5. The van der Waals surface area contributed by atoms with Gasteiger partial charge in [-0.1, -0.05) is 139 Å². The summed E-state index contributed by atoms with van der Waals surface area (Å²) in [6, 6.07) is 19.5. The maximum absolute atomic E-state index is 15.6. The number of rotatable bonds is 44. The van der Waals surface area contributed by atoms with Crippen molar-refractivity contribution < 1.29 is 92.7 Å². The number of aromatic hydroxyl groups is 2. The van der Waals surface area contributed by atoms with Gasteiger partial charge in [0.05, 0.1) is 57.1 Å². The zero-order chi connectivity index (χ0) is 92.5. The number of nitrogens with one attached hydrogen (secondary N) is 15. The molecule has 20 N–H and O–H groups in total. The van der Waals surface area contributed by atoms with E-state index in [0.717, 1.165) is 39.6 Å². The quantitative estimate of drug-likeness (QED) is 0.0200. The molecule has 39 heteroatoms. The van der Waals surface area contributed by atoms with Gasteiger partial charge in [0.25, 0.3) is 0 Å². The van der Waals surface area contributed by atoms with Crippen LogP contribution >= 0.6 is 21.6 Å². The molecule has 11 amide bonds. The Hall–Kier alpha value is -11.1. The van der Waals surface area contributed by atoms with Crippen molar-refractivity contribution in [2.24, 2.45) is 11.8 Å². The van der Waals surface area contributed by atoms with Crippen molar-refractivity contribution in [2.75, 3.05) is 125 Å². The van der Waals surface area contributed by atoms with Gasteiger partial charge in [-0.15, -0.1) is 0 Å². The summed E-state index contributed by atoms with van der Waals surface area (Å²) in [5, 5.41) is 94.3. The van der Waals surface area contributed by atoms with E-state index in [0.29, 0.717) is 86.6 Å². The molecule has 11 atom stereocenters. The van der Waals surface area contributed by atoms with Crippen LogP contribution in [0.2, 0.25) is 0 Å². The lowest BCUT2D eigenvalue weighted by molar-refractivity contribution is -0.142. The smallest absolute Gasteiger partial charge is 0.305 e. The largest absolute Gasteiger partial charge is 0.508 e. The van der Waals surface area contributed by atoms with E-state index >= 15 is 24.0 Å². The van der Waals surface area contributed by atoms with Crippen molar-refractivity contribution in [1.82, 2.24) is 94.5 Å². The van der Waals surface area contributed by atoms with Gasteiger partial charge in [0, 0.05) is 109 Å². The van der Waals surface area contributed by atoms with E-state index in [9.17, 15) is 68.7 Å². The number of carbonyl (C=O) groups excluding carboxylic acids is 12. The molecule has 0 spiro atoms. The van der Waals surface area contributed by atoms with Crippen molar-refractivity contribution >= 4 is 104 Å². The monoisotopic (exact) mass is 1800 g/mol. The summed E-state index contributed by atoms with van der Waals surface area (Å²) in [7, 11) is 9.04. The lowest BCUT2D eigenvalue weighted by Gasteiger charge is -2.34. The van der Waals surface area contributed by atoms with Gasteiger partial charge in [-0.2, -0.15) is 0 Å². The molecule has 0 bridgehead atoms. The number of hydrogen-bond donors (Lipinski definition) is 20. The van der Waals surface area contributed by atoms with Crippen LogP contribution in [-0.2, 0) is 99.5 Å². The highest BCUT2D eigenvalue weighted by Crippen LogP contribution is 2.34. The molecule has 2 aliphatic rings. The number of ketones is 1. The second-order valence-corrected chi connectivity index (χ2v) is 34.4. The molecule has 2 saturated heterocycles. The number of likely N-dealkylation sites (tertiary alicyclic amines) is 1. The van der Waals surface area contributed by atoms with Gasteiger partial charge >= 0.3 is 11.9 Å². The second kappa shape index (κ2) is 54.1. The number of Topliss-reactive ketones (excluding diaryl/α,β-unsaturated/α-hetero) is 1. The van der Waals surface area contributed by atoms with Crippen molar-refractivity contribution in [1.29, 1.82) is 0 Å². The maximum Gasteiger partial charge on any atom is 0.305 e. The fourth-order valence-corrected chi connectivity index (χ4v) is 16.9. The molecular weight excluding hydrogens is 1680 g/mol. The Morgan fingerprint density at radius 3 is 1.63 bits per heavy atom. The fraction of sp³-hybridized carbons (Fsp3) is 0.500. The number of aliphatic hydroxyl groups is 1. The highest BCUT2D eigenvalue weighted by Gasteiger charge is 2.43. The van der Waals surface area contributed by atoms with E-state index in [2.05, 4.69) is 79.8 Å². The van der Waals surface area contributed by atoms with Gasteiger partial charge in [0.1, 0.15) is 53.8 Å². The van der Waals surface area contributed by atoms with Crippen LogP contribution in [0.25, 0.3) is 11.1 Å². The van der Waals surface area contributed by atoms with Crippen LogP contribution in [0, 0.1) is 11.8 Å². The summed E-state index contributed by atoms with van der Waals surface area (Å²) >= 11 is 0. The normalized spacial score (nSPS) is 19.3. The molecule has 127 heavy (non-hydrogen) atoms. The van der Waals surface area contributed by atoms with Crippen molar-refractivity contribution in [2.45, 2.75) is 146 Å². The van der Waals surface area contributed by atoms with Gasteiger partial charge in [0.2, 0.25) is 65.0 Å². The van der Waals surface area contributed by atoms with Gasteiger partial charge in [-0.05, 0) is 124 Å². The molecule has 2 heterocycles. The molecule has 0 aromatic heterocycles. The molecule has 2 aliphatic heterocycles. The summed E-state index contributed by atoms with van der Waals surface area (Å²) in [6.07, 6.45) is -4.14. The lowest BCUT2D eigenvalue weighted by Crippen LogP contribution is -2.61. The summed E-state index contributed by atoms with van der Waals surface area (Å²) in [4.78, 5) is 208. The number of carboxylic acids is 2. The molecule has 0 aliphatic carbocycles. The average molecular weight is 1800 g/mol. The van der Waals surface area contributed by atoms with Gasteiger partial charge in [-0.3, -0.25) is 82.2 Å². The molecule has 0 radical (unpaired) electrons. The van der Waals surface area contributed by atoms with Gasteiger partial charge in [-0.25, -0.2) is 0 Å². The number of aliphatic carboxylic acids is 2. The van der Waals surface area contributed by atoms with E-state index in [1.54, 1.807) is 62.6 Å². The number of phenolic OH excluding ortho intramolecular Hbond substituents is 2. The van der Waals surface area contributed by atoms with Crippen molar-refractivity contribution in [3.05, 3.63) is 155 Å². The first-order chi connectivity index (χ1) is 60.8. The Morgan fingerprint density at radius 2 is 1.07 bits per heavy atom. The number of carboxylic acid groups (broad SMARTS) is 2. The molecule has 0 saturated carbocycles. The van der Waals surface area contributed by atoms with E-state index in [4.69, 9.17) is 0 Å². The van der Waals surface area contributed by atoms with Crippen molar-refractivity contribution in [3.63, 3.8) is 0 Å². The van der Waals surface area contributed by atoms with E-state index < -0.39 is 163 Å². The topological polar surface area (TPSA) is 530 Å². The third-order valence-corrected chi connectivity index (χ3v) is 23.7. The molecule has 37 nitrogen and oxygen atoms in total. The third kappa shape index (κ3) is 35.9. The SMILES string of the molecule is CNCCN(CCNC)CC(=O)CN[C@@H](CC(C)C)C(=O)N1CCC[C@H]1[C@H]1CSSC[C@@H](C(=O)N[C@@H](Cc2ccc(-c3ccccc3)cc2)C(=O)N[C@@H](CC(=O)O)C(=O)NCc2cccc(CNC(=O)CN(CCNC)CCNC)c2)NC(=O)[C@H](C(C)O)NC(=O)CNC(=O)[C@H](Cc2ccc(O)cc2)NC(=O)[C@H](Cc2ccc(O)cc2)NC(=O)[C@H](CC(=O)O)NC1=O. The summed E-state index contributed by atoms with van der Waals surface area (Å²) in [5.41, 5.74) is 3.95. The predicted molar refractivity (Wildman–Crippen MR) is 480 cm³/mol. The molecular formula is C88H124N18O19S2. The summed E-state index contributed by atoms with van der Waals surface area (Å²) < 4.78 is 0. The Morgan fingerprint density at radius 1 is 0.535 bits per heavy atom.